The molecule has 2 rings (SSSR count). The highest BCUT2D eigenvalue weighted by atomic mass is 16.5. The van der Waals surface area contributed by atoms with Gasteiger partial charge in [-0.15, -0.1) is 0 Å². The van der Waals surface area contributed by atoms with Crippen LogP contribution < -0.4 is 5.32 Å². The number of hydrogen-bond acceptors (Lipinski definition) is 5. The van der Waals surface area contributed by atoms with E-state index in [4.69, 9.17) is 9.15 Å². The molecule has 0 atom stereocenters. The summed E-state index contributed by atoms with van der Waals surface area (Å²) >= 11 is 0. The van der Waals surface area contributed by atoms with Crippen LogP contribution in [0.2, 0.25) is 0 Å². The average molecular weight is 267 g/mol. The van der Waals surface area contributed by atoms with Gasteiger partial charge in [-0.3, -0.25) is 4.79 Å². The highest BCUT2D eigenvalue weighted by Gasteiger charge is 2.16. The van der Waals surface area contributed by atoms with Gasteiger partial charge >= 0.3 is 0 Å². The second-order valence-corrected chi connectivity index (χ2v) is 4.67. The molecule has 0 unspecified atom stereocenters. The van der Waals surface area contributed by atoms with Crippen molar-refractivity contribution in [2.45, 2.75) is 26.8 Å². The number of rotatable bonds is 5. The van der Waals surface area contributed by atoms with Crippen molar-refractivity contribution >= 4 is 5.91 Å². The molecular weight excluding hydrogens is 246 g/mol. The van der Waals surface area contributed by atoms with Gasteiger partial charge in [-0.05, 0) is 13.8 Å². The first-order valence-corrected chi connectivity index (χ1v) is 6.66. The molecule has 6 nitrogen and oxygen atoms in total. The predicted octanol–water partition coefficient (Wildman–Crippen LogP) is 0.630. The van der Waals surface area contributed by atoms with Crippen LogP contribution in [0.4, 0.5) is 0 Å². The van der Waals surface area contributed by atoms with Gasteiger partial charge in [0.15, 0.2) is 0 Å². The van der Waals surface area contributed by atoms with Crippen LogP contribution in [-0.4, -0.2) is 48.6 Å². The monoisotopic (exact) mass is 267 g/mol. The lowest BCUT2D eigenvalue weighted by Crippen LogP contribution is -2.41. The third kappa shape index (κ3) is 4.04. The first kappa shape index (κ1) is 14.0. The van der Waals surface area contributed by atoms with Crippen LogP contribution in [0.1, 0.15) is 23.8 Å². The van der Waals surface area contributed by atoms with Crippen LogP contribution in [0.3, 0.4) is 0 Å². The van der Waals surface area contributed by atoms with Crippen molar-refractivity contribution in [2.75, 3.05) is 32.8 Å². The van der Waals surface area contributed by atoms with E-state index in [9.17, 15) is 4.79 Å². The van der Waals surface area contributed by atoms with Gasteiger partial charge in [0.05, 0.1) is 25.5 Å². The fourth-order valence-electron chi connectivity index (χ4n) is 1.98. The minimum Gasteiger partial charge on any atom is -0.444 e. The molecule has 0 saturated carbocycles. The van der Waals surface area contributed by atoms with Gasteiger partial charge in [0.25, 0.3) is 0 Å². The molecule has 1 saturated heterocycles. The van der Waals surface area contributed by atoms with E-state index in [2.05, 4.69) is 10.3 Å². The molecule has 0 aromatic carbocycles. The number of nitrogens with zero attached hydrogens (tertiary/aromatic N) is 2. The van der Waals surface area contributed by atoms with Crippen LogP contribution in [0.5, 0.6) is 0 Å². The number of oxazole rings is 1. The van der Waals surface area contributed by atoms with Gasteiger partial charge in [-0.2, -0.15) is 0 Å². The molecule has 19 heavy (non-hydrogen) atoms. The topological polar surface area (TPSA) is 67.6 Å². The standard InChI is InChI=1S/C13H21N3O3/c1-10-11(2)19-12(15-10)9-14-4-3-13(17)16-5-7-18-8-6-16/h14H,3-9H2,1-2H3. The summed E-state index contributed by atoms with van der Waals surface area (Å²) in [5.41, 5.74) is 0.918. The van der Waals surface area contributed by atoms with E-state index in [1.165, 1.54) is 0 Å². The van der Waals surface area contributed by atoms with Gasteiger partial charge in [0, 0.05) is 26.1 Å². The van der Waals surface area contributed by atoms with Crippen molar-refractivity contribution in [1.82, 2.24) is 15.2 Å². The maximum atomic E-state index is 11.9. The van der Waals surface area contributed by atoms with E-state index in [-0.39, 0.29) is 5.91 Å². The molecule has 0 bridgehead atoms. The fourth-order valence-corrected chi connectivity index (χ4v) is 1.98. The lowest BCUT2D eigenvalue weighted by Gasteiger charge is -2.26. The zero-order valence-electron chi connectivity index (χ0n) is 11.6. The SMILES string of the molecule is Cc1nc(CNCCC(=O)N2CCOCC2)oc1C. The van der Waals surface area contributed by atoms with Crippen molar-refractivity contribution in [1.29, 1.82) is 0 Å². The Morgan fingerprint density at radius 3 is 2.74 bits per heavy atom. The number of amides is 1. The highest BCUT2D eigenvalue weighted by Crippen LogP contribution is 2.07. The van der Waals surface area contributed by atoms with Crippen LogP contribution in [0, 0.1) is 13.8 Å². The summed E-state index contributed by atoms with van der Waals surface area (Å²) in [4.78, 5) is 18.0. The summed E-state index contributed by atoms with van der Waals surface area (Å²) in [5, 5.41) is 3.18. The molecule has 1 N–H and O–H groups in total. The molecule has 0 aliphatic carbocycles. The van der Waals surface area contributed by atoms with Gasteiger partial charge < -0.3 is 19.4 Å². The van der Waals surface area contributed by atoms with Crippen LogP contribution >= 0.6 is 0 Å². The van der Waals surface area contributed by atoms with E-state index >= 15 is 0 Å². The van der Waals surface area contributed by atoms with Gasteiger partial charge in [-0.1, -0.05) is 0 Å². The number of aryl methyl sites for hydroxylation is 2. The van der Waals surface area contributed by atoms with Crippen molar-refractivity contribution in [3.63, 3.8) is 0 Å². The lowest BCUT2D eigenvalue weighted by molar-refractivity contribution is -0.135. The largest absolute Gasteiger partial charge is 0.444 e. The van der Waals surface area contributed by atoms with Crippen LogP contribution in [-0.2, 0) is 16.1 Å². The first-order valence-electron chi connectivity index (χ1n) is 6.66. The third-order valence-corrected chi connectivity index (χ3v) is 3.23. The molecular formula is C13H21N3O3. The summed E-state index contributed by atoms with van der Waals surface area (Å²) in [6, 6.07) is 0. The van der Waals surface area contributed by atoms with Gasteiger partial charge in [0.2, 0.25) is 11.8 Å². The Morgan fingerprint density at radius 2 is 2.11 bits per heavy atom. The summed E-state index contributed by atoms with van der Waals surface area (Å²) < 4.78 is 10.7. The number of morpholine rings is 1. The molecule has 1 aliphatic heterocycles. The number of aromatic nitrogens is 1. The number of hydrogen-bond donors (Lipinski definition) is 1. The lowest BCUT2D eigenvalue weighted by atomic mass is 10.3. The second-order valence-electron chi connectivity index (χ2n) is 4.67. The molecule has 1 aromatic rings. The second kappa shape index (κ2) is 6.68. The summed E-state index contributed by atoms with van der Waals surface area (Å²) in [6.45, 7) is 7.72. The van der Waals surface area contributed by atoms with Crippen LogP contribution in [0.25, 0.3) is 0 Å². The zero-order valence-corrected chi connectivity index (χ0v) is 11.6. The molecule has 1 aliphatic rings. The molecule has 0 spiro atoms. The molecule has 2 heterocycles. The van der Waals surface area contributed by atoms with E-state index in [0.29, 0.717) is 51.7 Å². The van der Waals surface area contributed by atoms with E-state index < -0.39 is 0 Å². The van der Waals surface area contributed by atoms with Gasteiger partial charge in [-0.25, -0.2) is 4.98 Å². The Bertz CT molecular complexity index is 405. The Hall–Kier alpha value is -1.40. The van der Waals surface area contributed by atoms with E-state index in [0.717, 1.165) is 11.5 Å². The highest BCUT2D eigenvalue weighted by molar-refractivity contribution is 5.76. The molecule has 106 valence electrons. The first-order chi connectivity index (χ1) is 9.16. The molecule has 1 amide bonds. The average Bonchev–Trinajstić information content (AvgIpc) is 2.74. The normalized spacial score (nSPS) is 15.8. The summed E-state index contributed by atoms with van der Waals surface area (Å²) in [5.74, 6) is 1.70. The van der Waals surface area contributed by atoms with Crippen molar-refractivity contribution in [3.8, 4) is 0 Å². The van der Waals surface area contributed by atoms with Crippen molar-refractivity contribution < 1.29 is 13.9 Å². The minimum atomic E-state index is 0.176. The van der Waals surface area contributed by atoms with E-state index in [1.54, 1.807) is 0 Å². The predicted molar refractivity (Wildman–Crippen MR) is 69.7 cm³/mol. The molecule has 6 heteroatoms. The number of carbonyl (C=O) groups is 1. The maximum Gasteiger partial charge on any atom is 0.224 e. The number of nitrogens with one attached hydrogen (secondary N) is 1. The minimum absolute atomic E-state index is 0.176. The Kier molecular flexibility index (Phi) is 4.93. The number of carbonyl (C=O) groups excluding carboxylic acids is 1. The van der Waals surface area contributed by atoms with Crippen molar-refractivity contribution in [3.05, 3.63) is 17.3 Å². The van der Waals surface area contributed by atoms with Crippen molar-refractivity contribution in [2.24, 2.45) is 0 Å². The summed E-state index contributed by atoms with van der Waals surface area (Å²) in [6.07, 6.45) is 0.499. The summed E-state index contributed by atoms with van der Waals surface area (Å²) in [7, 11) is 0. The Morgan fingerprint density at radius 1 is 1.37 bits per heavy atom. The fraction of sp³-hybridized carbons (Fsp3) is 0.692. The molecule has 0 radical (unpaired) electrons. The molecule has 1 fully saturated rings. The Labute approximate surface area is 113 Å². The molecule has 1 aromatic heterocycles. The zero-order chi connectivity index (χ0) is 13.7. The Balaban J connectivity index is 1.64. The quantitative estimate of drug-likeness (QED) is 0.793. The smallest absolute Gasteiger partial charge is 0.224 e. The maximum absolute atomic E-state index is 11.9. The van der Waals surface area contributed by atoms with Gasteiger partial charge in [0.1, 0.15) is 5.76 Å². The van der Waals surface area contributed by atoms with Crippen LogP contribution in [0.15, 0.2) is 4.42 Å². The van der Waals surface area contributed by atoms with E-state index in [1.807, 2.05) is 18.7 Å². The number of ether oxygens (including phenoxy) is 1. The third-order valence-electron chi connectivity index (χ3n) is 3.23.